The zero-order chi connectivity index (χ0) is 28.7. The maximum absolute atomic E-state index is 12.6. The van der Waals surface area contributed by atoms with Crippen LogP contribution in [-0.2, 0) is 13.0 Å². The quantitative estimate of drug-likeness (QED) is 0.164. The first kappa shape index (κ1) is 27.8. The normalized spacial score (nSPS) is 13.6. The van der Waals surface area contributed by atoms with Crippen molar-refractivity contribution in [2.45, 2.75) is 32.2 Å². The second-order valence-electron chi connectivity index (χ2n) is 10.5. The van der Waals surface area contributed by atoms with E-state index in [0.717, 1.165) is 35.5 Å². The topological polar surface area (TPSA) is 95.3 Å². The Kier molecular flexibility index (Phi) is 8.63. The van der Waals surface area contributed by atoms with Crippen molar-refractivity contribution in [2.75, 3.05) is 35.6 Å². The fraction of sp³-hybridized carbons (Fsp3) is 0.242. The molecule has 9 heteroatoms. The van der Waals surface area contributed by atoms with E-state index in [9.17, 15) is 4.79 Å². The van der Waals surface area contributed by atoms with E-state index in [4.69, 9.17) is 16.0 Å². The average molecular weight is 581 g/mol. The van der Waals surface area contributed by atoms with Gasteiger partial charge in [0.1, 0.15) is 22.6 Å². The molecule has 3 N–H and O–H groups in total. The van der Waals surface area contributed by atoms with Crippen molar-refractivity contribution in [1.29, 1.82) is 0 Å². The summed E-state index contributed by atoms with van der Waals surface area (Å²) in [5, 5.41) is 10.3. The van der Waals surface area contributed by atoms with Crippen molar-refractivity contribution in [3.63, 3.8) is 0 Å². The van der Waals surface area contributed by atoms with Crippen LogP contribution in [0.4, 0.5) is 22.0 Å². The van der Waals surface area contributed by atoms with Crippen LogP contribution in [0.2, 0.25) is 5.02 Å². The smallest absolute Gasteiger partial charge is 0.323 e. The predicted molar refractivity (Wildman–Crippen MR) is 169 cm³/mol. The van der Waals surface area contributed by atoms with Gasteiger partial charge >= 0.3 is 6.03 Å². The molecule has 42 heavy (non-hydrogen) atoms. The van der Waals surface area contributed by atoms with Crippen molar-refractivity contribution in [3.05, 3.63) is 101 Å². The number of anilines is 3. The lowest BCUT2D eigenvalue weighted by Crippen LogP contribution is -2.29. The van der Waals surface area contributed by atoms with Crippen LogP contribution >= 0.6 is 11.6 Å². The maximum atomic E-state index is 12.6. The highest BCUT2D eigenvalue weighted by Crippen LogP contribution is 2.39. The van der Waals surface area contributed by atoms with Gasteiger partial charge in [0.15, 0.2) is 5.76 Å². The summed E-state index contributed by atoms with van der Waals surface area (Å²) in [5.74, 6) is 1.21. The number of piperidine rings is 1. The predicted octanol–water partition coefficient (Wildman–Crippen LogP) is 7.83. The number of furan rings is 1. The molecule has 5 aromatic rings. The molecular weight excluding hydrogens is 548 g/mol. The Hall–Kier alpha value is -4.40. The highest BCUT2D eigenvalue weighted by molar-refractivity contribution is 6.38. The third kappa shape index (κ3) is 6.73. The van der Waals surface area contributed by atoms with Gasteiger partial charge in [0.05, 0.1) is 0 Å². The molecule has 0 spiro atoms. The molecule has 1 aliphatic rings. The Labute approximate surface area is 250 Å². The first-order chi connectivity index (χ1) is 20.6. The second kappa shape index (κ2) is 13.1. The van der Waals surface area contributed by atoms with Crippen LogP contribution in [0.1, 0.15) is 30.4 Å². The highest BCUT2D eigenvalue weighted by Gasteiger charge is 2.19. The highest BCUT2D eigenvalue weighted by atomic mass is 35.5. The molecule has 214 valence electrons. The summed E-state index contributed by atoms with van der Waals surface area (Å²) in [5.41, 5.74) is 5.20. The fourth-order valence-electron chi connectivity index (χ4n) is 5.25. The molecule has 2 amide bonds. The molecular formula is C33H33ClN6O2. The van der Waals surface area contributed by atoms with E-state index in [1.807, 2.05) is 66.7 Å². The van der Waals surface area contributed by atoms with Gasteiger partial charge in [-0.2, -0.15) is 0 Å². The van der Waals surface area contributed by atoms with Crippen molar-refractivity contribution >= 4 is 45.9 Å². The molecule has 1 fully saturated rings. The van der Waals surface area contributed by atoms with E-state index >= 15 is 0 Å². The first-order valence-corrected chi connectivity index (χ1v) is 14.7. The minimum Gasteiger partial charge on any atom is -0.436 e. The van der Waals surface area contributed by atoms with Crippen LogP contribution in [0.15, 0.2) is 89.6 Å². The van der Waals surface area contributed by atoms with Gasteiger partial charge < -0.3 is 20.4 Å². The molecule has 3 aromatic carbocycles. The zero-order valence-electron chi connectivity index (χ0n) is 23.3. The summed E-state index contributed by atoms with van der Waals surface area (Å²) in [4.78, 5) is 23.7. The van der Waals surface area contributed by atoms with E-state index in [-0.39, 0.29) is 6.03 Å². The van der Waals surface area contributed by atoms with Crippen molar-refractivity contribution in [3.8, 4) is 11.3 Å². The van der Waals surface area contributed by atoms with Crippen LogP contribution < -0.4 is 16.0 Å². The molecule has 1 aliphatic heterocycles. The van der Waals surface area contributed by atoms with Gasteiger partial charge in [-0.25, -0.2) is 14.8 Å². The number of nitrogens with zero attached hydrogens (tertiary/aromatic N) is 3. The Morgan fingerprint density at radius 3 is 2.19 bits per heavy atom. The van der Waals surface area contributed by atoms with Gasteiger partial charge in [-0.15, -0.1) is 0 Å². The maximum Gasteiger partial charge on any atom is 0.323 e. The van der Waals surface area contributed by atoms with Gasteiger partial charge in [0, 0.05) is 30.0 Å². The van der Waals surface area contributed by atoms with E-state index < -0.39 is 0 Å². The average Bonchev–Trinajstić information content (AvgIpc) is 3.37. The number of fused-ring (bicyclic) bond motifs is 1. The summed E-state index contributed by atoms with van der Waals surface area (Å²) in [7, 11) is 0. The Morgan fingerprint density at radius 2 is 1.50 bits per heavy atom. The lowest BCUT2D eigenvalue weighted by molar-refractivity contribution is 0.221. The van der Waals surface area contributed by atoms with Gasteiger partial charge in [0.2, 0.25) is 5.71 Å². The fourth-order valence-corrected chi connectivity index (χ4v) is 5.57. The molecule has 0 saturated carbocycles. The Balaban J connectivity index is 0.998. The molecule has 0 bridgehead atoms. The lowest BCUT2D eigenvalue weighted by Gasteiger charge is -2.26. The number of benzene rings is 3. The van der Waals surface area contributed by atoms with Crippen LogP contribution in [0.5, 0.6) is 0 Å². The minimum absolute atomic E-state index is 0.271. The third-order valence-electron chi connectivity index (χ3n) is 7.45. The van der Waals surface area contributed by atoms with Gasteiger partial charge in [-0.1, -0.05) is 72.6 Å². The molecule has 6 rings (SSSR count). The second-order valence-corrected chi connectivity index (χ2v) is 10.9. The molecule has 0 unspecified atom stereocenters. The molecule has 0 radical (unpaired) electrons. The van der Waals surface area contributed by atoms with Crippen molar-refractivity contribution in [2.24, 2.45) is 0 Å². The number of carbonyl (C=O) groups is 1. The van der Waals surface area contributed by atoms with Gasteiger partial charge in [-0.3, -0.25) is 4.90 Å². The Morgan fingerprint density at radius 1 is 0.833 bits per heavy atom. The SMILES string of the molecule is O=C(Nc1ccc(CCNc2ncnc3oc(-c4ccccc4)c(Cl)c23)cc1)Nc1ccc(CN2CCCCC2)cc1. The summed E-state index contributed by atoms with van der Waals surface area (Å²) >= 11 is 6.69. The van der Waals surface area contributed by atoms with Crippen LogP contribution in [0.3, 0.4) is 0 Å². The number of carbonyl (C=O) groups excluding carboxylic acids is 1. The van der Waals surface area contributed by atoms with Crippen LogP contribution in [0.25, 0.3) is 22.4 Å². The molecule has 3 heterocycles. The van der Waals surface area contributed by atoms with Crippen molar-refractivity contribution < 1.29 is 9.21 Å². The van der Waals surface area contributed by atoms with E-state index in [1.54, 1.807) is 0 Å². The van der Waals surface area contributed by atoms with Crippen molar-refractivity contribution in [1.82, 2.24) is 14.9 Å². The minimum atomic E-state index is -0.271. The van der Waals surface area contributed by atoms with Crippen LogP contribution in [0, 0.1) is 0 Å². The van der Waals surface area contributed by atoms with Crippen LogP contribution in [-0.4, -0.2) is 40.5 Å². The number of rotatable bonds is 9. The van der Waals surface area contributed by atoms with E-state index in [0.29, 0.717) is 34.2 Å². The first-order valence-electron chi connectivity index (χ1n) is 14.3. The van der Waals surface area contributed by atoms with E-state index in [2.05, 4.69) is 43.0 Å². The number of aromatic nitrogens is 2. The number of amides is 2. The zero-order valence-corrected chi connectivity index (χ0v) is 24.0. The number of urea groups is 1. The third-order valence-corrected chi connectivity index (χ3v) is 7.81. The molecule has 0 aliphatic carbocycles. The molecule has 1 saturated heterocycles. The largest absolute Gasteiger partial charge is 0.436 e. The lowest BCUT2D eigenvalue weighted by atomic mass is 10.1. The summed E-state index contributed by atoms with van der Waals surface area (Å²) in [6.45, 7) is 3.93. The van der Waals surface area contributed by atoms with Gasteiger partial charge in [-0.05, 0) is 67.7 Å². The summed E-state index contributed by atoms with van der Waals surface area (Å²) in [6, 6.07) is 25.3. The van der Waals surface area contributed by atoms with E-state index in [1.165, 1.54) is 44.2 Å². The van der Waals surface area contributed by atoms with Gasteiger partial charge in [0.25, 0.3) is 0 Å². The molecule has 0 atom stereocenters. The molecule has 8 nitrogen and oxygen atoms in total. The Bertz CT molecular complexity index is 1630. The number of hydrogen-bond donors (Lipinski definition) is 3. The number of halogens is 1. The summed E-state index contributed by atoms with van der Waals surface area (Å²) in [6.07, 6.45) is 6.11. The standard InChI is InChI=1S/C33H33ClN6O2/c34-29-28-31(36-22-37-32(28)42-30(29)25-7-3-1-4-8-25)35-18-17-23-9-13-26(14-10-23)38-33(41)39-27-15-11-24(12-16-27)21-40-19-5-2-6-20-40/h1,3-4,7-16,22H,2,5-6,17-21H2,(H,35,36,37)(H2,38,39,41). The molecule has 2 aromatic heterocycles. The number of likely N-dealkylation sites (tertiary alicyclic amines) is 1. The summed E-state index contributed by atoms with van der Waals surface area (Å²) < 4.78 is 5.94. The number of hydrogen-bond acceptors (Lipinski definition) is 6. The monoisotopic (exact) mass is 580 g/mol. The number of nitrogens with one attached hydrogen (secondary N) is 3.